The topological polar surface area (TPSA) is 40.5 Å². The van der Waals surface area contributed by atoms with E-state index in [2.05, 4.69) is 0 Å². The monoisotopic (exact) mass is 349 g/mol. The van der Waals surface area contributed by atoms with E-state index in [1.165, 1.54) is 6.08 Å². The molecule has 0 saturated carbocycles. The number of rotatable bonds is 5. The van der Waals surface area contributed by atoms with E-state index in [0.29, 0.717) is 22.2 Å². The van der Waals surface area contributed by atoms with Crippen molar-refractivity contribution < 1.29 is 9.90 Å². The molecular formula is C18H17Cl2NO2. The summed E-state index contributed by atoms with van der Waals surface area (Å²) >= 11 is 11.9. The number of nitrogens with zero attached hydrogens (tertiary/aromatic N) is 1. The van der Waals surface area contributed by atoms with Gasteiger partial charge in [0.25, 0.3) is 0 Å². The van der Waals surface area contributed by atoms with Crippen molar-refractivity contribution in [2.45, 2.75) is 6.54 Å². The lowest BCUT2D eigenvalue weighted by atomic mass is 10.1. The lowest BCUT2D eigenvalue weighted by molar-refractivity contribution is 0.104. The van der Waals surface area contributed by atoms with Gasteiger partial charge in [0.15, 0.2) is 5.78 Å². The molecule has 0 heterocycles. The zero-order valence-electron chi connectivity index (χ0n) is 12.9. The summed E-state index contributed by atoms with van der Waals surface area (Å²) in [5, 5.41) is 10.7. The number of phenolic OH excluding ortho intramolecular Hbond substituents is 1. The van der Waals surface area contributed by atoms with Crippen LogP contribution in [0.1, 0.15) is 21.5 Å². The molecule has 1 N–H and O–H groups in total. The molecule has 2 aromatic rings. The van der Waals surface area contributed by atoms with Gasteiger partial charge in [-0.15, -0.1) is 0 Å². The maximum atomic E-state index is 12.2. The standard InChI is InChI=1S/C18H17Cl2NO2/c1-21(2)11-13-9-12(3-7-17(13)22)4-8-18(23)15-6-5-14(19)10-16(15)20/h3-10,22H,11H2,1-2H3. The first-order chi connectivity index (χ1) is 10.9. The number of hydrogen-bond acceptors (Lipinski definition) is 3. The number of halogens is 2. The highest BCUT2D eigenvalue weighted by atomic mass is 35.5. The quantitative estimate of drug-likeness (QED) is 0.630. The van der Waals surface area contributed by atoms with Gasteiger partial charge in [-0.1, -0.05) is 35.3 Å². The molecule has 0 unspecified atom stereocenters. The second-order valence-electron chi connectivity index (χ2n) is 5.45. The van der Waals surface area contributed by atoms with E-state index < -0.39 is 0 Å². The molecule has 0 bridgehead atoms. The molecule has 0 amide bonds. The van der Waals surface area contributed by atoms with Crippen LogP contribution in [-0.4, -0.2) is 29.9 Å². The molecule has 3 nitrogen and oxygen atoms in total. The molecule has 120 valence electrons. The normalized spacial score (nSPS) is 11.3. The van der Waals surface area contributed by atoms with Gasteiger partial charge in [0.1, 0.15) is 5.75 Å². The van der Waals surface area contributed by atoms with Crippen molar-refractivity contribution in [1.82, 2.24) is 4.90 Å². The van der Waals surface area contributed by atoms with Crippen LogP contribution >= 0.6 is 23.2 Å². The maximum Gasteiger partial charge on any atom is 0.187 e. The van der Waals surface area contributed by atoms with E-state index in [1.807, 2.05) is 25.1 Å². The Morgan fingerprint density at radius 1 is 1.17 bits per heavy atom. The Morgan fingerprint density at radius 2 is 1.91 bits per heavy atom. The highest BCUT2D eigenvalue weighted by molar-refractivity contribution is 6.37. The fourth-order valence-corrected chi connectivity index (χ4v) is 2.63. The Hall–Kier alpha value is -1.81. The third-order valence-corrected chi connectivity index (χ3v) is 3.76. The van der Waals surface area contributed by atoms with Gasteiger partial charge in [0.05, 0.1) is 5.02 Å². The molecule has 0 aromatic heterocycles. The molecule has 0 atom stereocenters. The molecule has 2 aromatic carbocycles. The Kier molecular flexibility index (Phi) is 5.83. The zero-order valence-corrected chi connectivity index (χ0v) is 14.4. The summed E-state index contributed by atoms with van der Waals surface area (Å²) < 4.78 is 0. The minimum atomic E-state index is -0.200. The van der Waals surface area contributed by atoms with Gasteiger partial charge in [-0.25, -0.2) is 0 Å². The molecule has 0 aliphatic carbocycles. The number of carbonyl (C=O) groups excluding carboxylic acids is 1. The number of benzene rings is 2. The Balaban J connectivity index is 2.21. The predicted octanol–water partition coefficient (Wildman–Crippen LogP) is 4.66. The highest BCUT2D eigenvalue weighted by Gasteiger charge is 2.08. The summed E-state index contributed by atoms with van der Waals surface area (Å²) in [6.07, 6.45) is 3.16. The molecule has 0 fully saturated rings. The number of aromatic hydroxyl groups is 1. The summed E-state index contributed by atoms with van der Waals surface area (Å²) in [5.74, 6) is 0.0387. The highest BCUT2D eigenvalue weighted by Crippen LogP contribution is 2.23. The minimum Gasteiger partial charge on any atom is -0.508 e. The smallest absolute Gasteiger partial charge is 0.187 e. The second kappa shape index (κ2) is 7.64. The van der Waals surface area contributed by atoms with Gasteiger partial charge in [0.2, 0.25) is 0 Å². The second-order valence-corrected chi connectivity index (χ2v) is 6.29. The average Bonchev–Trinajstić information content (AvgIpc) is 2.47. The van der Waals surface area contributed by atoms with Crippen LogP contribution in [0, 0.1) is 0 Å². The number of hydrogen-bond donors (Lipinski definition) is 1. The Bertz CT molecular complexity index is 755. The van der Waals surface area contributed by atoms with Gasteiger partial charge < -0.3 is 10.0 Å². The first kappa shape index (κ1) is 17.5. The number of carbonyl (C=O) groups is 1. The van der Waals surface area contributed by atoms with Crippen molar-refractivity contribution in [2.75, 3.05) is 14.1 Å². The summed E-state index contributed by atoms with van der Waals surface area (Å²) in [7, 11) is 3.85. The third kappa shape index (κ3) is 4.83. The molecule has 2 rings (SSSR count). The van der Waals surface area contributed by atoms with Crippen molar-refractivity contribution in [3.05, 3.63) is 69.2 Å². The van der Waals surface area contributed by atoms with Crippen LogP contribution in [0.4, 0.5) is 0 Å². The van der Waals surface area contributed by atoms with Gasteiger partial charge in [-0.05, 0) is 56.1 Å². The van der Waals surface area contributed by atoms with Gasteiger partial charge in [0, 0.05) is 22.7 Å². The SMILES string of the molecule is CN(C)Cc1cc(C=CC(=O)c2ccc(Cl)cc2Cl)ccc1O. The Morgan fingerprint density at radius 3 is 2.57 bits per heavy atom. The van der Waals surface area contributed by atoms with Gasteiger partial charge in [-0.2, -0.15) is 0 Å². The van der Waals surface area contributed by atoms with Crippen molar-refractivity contribution in [1.29, 1.82) is 0 Å². The van der Waals surface area contributed by atoms with E-state index in [9.17, 15) is 9.90 Å². The van der Waals surface area contributed by atoms with Crippen molar-refractivity contribution in [3.8, 4) is 5.75 Å². The average molecular weight is 350 g/mol. The Labute approximate surface area is 145 Å². The third-order valence-electron chi connectivity index (χ3n) is 3.21. The van der Waals surface area contributed by atoms with Crippen LogP contribution in [0.5, 0.6) is 5.75 Å². The molecule has 0 spiro atoms. The van der Waals surface area contributed by atoms with Crippen molar-refractivity contribution in [2.24, 2.45) is 0 Å². The van der Waals surface area contributed by atoms with Crippen LogP contribution in [-0.2, 0) is 6.54 Å². The minimum absolute atomic E-state index is 0.200. The van der Waals surface area contributed by atoms with E-state index >= 15 is 0 Å². The molecular weight excluding hydrogens is 333 g/mol. The lowest BCUT2D eigenvalue weighted by Crippen LogP contribution is -2.10. The van der Waals surface area contributed by atoms with Crippen molar-refractivity contribution in [3.63, 3.8) is 0 Å². The van der Waals surface area contributed by atoms with Gasteiger partial charge in [-0.3, -0.25) is 4.79 Å². The number of allylic oxidation sites excluding steroid dienone is 1. The van der Waals surface area contributed by atoms with E-state index in [4.69, 9.17) is 23.2 Å². The van der Waals surface area contributed by atoms with Crippen LogP contribution < -0.4 is 0 Å². The predicted molar refractivity (Wildman–Crippen MR) is 95.3 cm³/mol. The summed E-state index contributed by atoms with van der Waals surface area (Å²) in [5.41, 5.74) is 2.03. The van der Waals surface area contributed by atoms with E-state index in [-0.39, 0.29) is 11.5 Å². The maximum absolute atomic E-state index is 12.2. The zero-order chi connectivity index (χ0) is 17.0. The fourth-order valence-electron chi connectivity index (χ4n) is 2.13. The van der Waals surface area contributed by atoms with Crippen molar-refractivity contribution >= 4 is 35.1 Å². The molecule has 0 saturated heterocycles. The summed E-state index contributed by atoms with van der Waals surface area (Å²) in [6.45, 7) is 0.616. The van der Waals surface area contributed by atoms with Crippen LogP contribution in [0.15, 0.2) is 42.5 Å². The van der Waals surface area contributed by atoms with Crippen LogP contribution in [0.25, 0.3) is 6.08 Å². The molecule has 0 aliphatic heterocycles. The largest absolute Gasteiger partial charge is 0.508 e. The first-order valence-electron chi connectivity index (χ1n) is 7.01. The summed E-state index contributed by atoms with van der Waals surface area (Å²) in [4.78, 5) is 14.2. The number of ketones is 1. The van der Waals surface area contributed by atoms with E-state index in [0.717, 1.165) is 11.1 Å². The molecule has 23 heavy (non-hydrogen) atoms. The van der Waals surface area contributed by atoms with Crippen LogP contribution in [0.2, 0.25) is 10.0 Å². The number of phenols is 1. The van der Waals surface area contributed by atoms with Gasteiger partial charge >= 0.3 is 0 Å². The summed E-state index contributed by atoms with van der Waals surface area (Å²) in [6, 6.07) is 10.00. The fraction of sp³-hybridized carbons (Fsp3) is 0.167. The lowest BCUT2D eigenvalue weighted by Gasteiger charge is -2.11. The molecule has 0 aliphatic rings. The van der Waals surface area contributed by atoms with Crippen LogP contribution in [0.3, 0.4) is 0 Å². The molecule has 0 radical (unpaired) electrons. The van der Waals surface area contributed by atoms with E-state index in [1.54, 1.807) is 36.4 Å². The first-order valence-corrected chi connectivity index (χ1v) is 7.76. The molecule has 5 heteroatoms.